The highest BCUT2D eigenvalue weighted by Gasteiger charge is 2.18. The number of nitrogens with zero attached hydrogens (tertiary/aromatic N) is 1. The van der Waals surface area contributed by atoms with Gasteiger partial charge in [-0.15, -0.1) is 0 Å². The van der Waals surface area contributed by atoms with E-state index >= 15 is 0 Å². The van der Waals surface area contributed by atoms with Crippen molar-refractivity contribution in [1.29, 1.82) is 0 Å². The second kappa shape index (κ2) is 8.83. The molecule has 4 nitrogen and oxygen atoms in total. The Morgan fingerprint density at radius 2 is 1.75 bits per heavy atom. The smallest absolute Gasteiger partial charge is 0.221 e. The van der Waals surface area contributed by atoms with Crippen LogP contribution in [-0.4, -0.2) is 31.4 Å². The molecule has 0 spiro atoms. The van der Waals surface area contributed by atoms with Crippen LogP contribution in [0.2, 0.25) is 5.02 Å². The molecule has 0 bridgehead atoms. The van der Waals surface area contributed by atoms with Gasteiger partial charge in [-0.2, -0.15) is 0 Å². The van der Waals surface area contributed by atoms with Crippen molar-refractivity contribution in [2.24, 2.45) is 5.73 Å². The monoisotopic (exact) mass is 345 g/mol. The first-order valence-electron chi connectivity index (χ1n) is 7.97. The van der Waals surface area contributed by atoms with Crippen molar-refractivity contribution in [3.05, 3.63) is 70.7 Å². The first-order chi connectivity index (χ1) is 11.5. The predicted molar refractivity (Wildman–Crippen MR) is 98.9 cm³/mol. The van der Waals surface area contributed by atoms with E-state index < -0.39 is 0 Å². The Morgan fingerprint density at radius 3 is 2.38 bits per heavy atom. The van der Waals surface area contributed by atoms with Crippen molar-refractivity contribution in [3.8, 4) is 0 Å². The maximum absolute atomic E-state index is 12.2. The third-order valence-corrected chi connectivity index (χ3v) is 4.36. The van der Waals surface area contributed by atoms with Gasteiger partial charge in [-0.05, 0) is 31.3 Å². The zero-order valence-electron chi connectivity index (χ0n) is 14.1. The molecular formula is C19H24ClN3O. The minimum absolute atomic E-state index is 0.00981. The van der Waals surface area contributed by atoms with E-state index in [9.17, 15) is 4.79 Å². The first-order valence-corrected chi connectivity index (χ1v) is 8.35. The lowest BCUT2D eigenvalue weighted by atomic mass is 10.0. The summed E-state index contributed by atoms with van der Waals surface area (Å²) in [6, 6.07) is 17.0. The number of nitrogens with one attached hydrogen (secondary N) is 1. The lowest BCUT2D eigenvalue weighted by Crippen LogP contribution is -2.35. The van der Waals surface area contributed by atoms with Gasteiger partial charge in [0.2, 0.25) is 5.91 Å². The lowest BCUT2D eigenvalue weighted by Gasteiger charge is -2.26. The van der Waals surface area contributed by atoms with Crippen molar-refractivity contribution >= 4 is 17.5 Å². The van der Waals surface area contributed by atoms with E-state index in [2.05, 4.69) is 5.32 Å². The maximum Gasteiger partial charge on any atom is 0.221 e. The van der Waals surface area contributed by atoms with E-state index in [1.807, 2.05) is 73.6 Å². The number of benzene rings is 2. The van der Waals surface area contributed by atoms with Gasteiger partial charge in [0.1, 0.15) is 0 Å². The highest BCUT2D eigenvalue weighted by atomic mass is 35.5. The van der Waals surface area contributed by atoms with Gasteiger partial charge in [-0.25, -0.2) is 0 Å². The highest BCUT2D eigenvalue weighted by molar-refractivity contribution is 6.31. The number of rotatable bonds is 7. The standard InChI is InChI=1S/C19H24ClN3O/c1-23(2)18(15-10-6-7-11-16(15)20)13-22-19(24)12-17(21)14-8-4-3-5-9-14/h3-11,17-18H,12-13,21H2,1-2H3,(H,22,24). The molecule has 2 aromatic carbocycles. The van der Waals surface area contributed by atoms with Crippen molar-refractivity contribution < 1.29 is 4.79 Å². The molecule has 0 aliphatic heterocycles. The Balaban J connectivity index is 1.95. The minimum Gasteiger partial charge on any atom is -0.354 e. The van der Waals surface area contributed by atoms with Crippen LogP contribution in [0.15, 0.2) is 54.6 Å². The number of amides is 1. The van der Waals surface area contributed by atoms with Crippen LogP contribution in [-0.2, 0) is 4.79 Å². The Kier molecular flexibility index (Phi) is 6.79. The van der Waals surface area contributed by atoms with Gasteiger partial charge >= 0.3 is 0 Å². The summed E-state index contributed by atoms with van der Waals surface area (Å²) in [6.45, 7) is 0.483. The summed E-state index contributed by atoms with van der Waals surface area (Å²) in [4.78, 5) is 14.3. The van der Waals surface area contributed by atoms with Gasteiger partial charge in [0.25, 0.3) is 0 Å². The molecule has 0 saturated carbocycles. The molecule has 3 N–H and O–H groups in total. The summed E-state index contributed by atoms with van der Waals surface area (Å²) in [5.41, 5.74) is 8.06. The van der Waals surface area contributed by atoms with Crippen LogP contribution in [0, 0.1) is 0 Å². The van der Waals surface area contributed by atoms with E-state index in [0.29, 0.717) is 11.6 Å². The molecule has 2 rings (SSSR count). The topological polar surface area (TPSA) is 58.4 Å². The summed E-state index contributed by atoms with van der Waals surface area (Å²) in [7, 11) is 3.94. The molecule has 24 heavy (non-hydrogen) atoms. The fourth-order valence-electron chi connectivity index (χ4n) is 2.62. The maximum atomic E-state index is 12.2. The van der Waals surface area contributed by atoms with E-state index in [-0.39, 0.29) is 24.4 Å². The van der Waals surface area contributed by atoms with Crippen molar-refractivity contribution in [1.82, 2.24) is 10.2 Å². The minimum atomic E-state index is -0.302. The predicted octanol–water partition coefficient (Wildman–Crippen LogP) is 3.15. The summed E-state index contributed by atoms with van der Waals surface area (Å²) < 4.78 is 0. The Hall–Kier alpha value is -1.88. The summed E-state index contributed by atoms with van der Waals surface area (Å²) in [6.07, 6.45) is 0.257. The molecule has 1 amide bonds. The number of hydrogen-bond donors (Lipinski definition) is 2. The molecule has 128 valence electrons. The van der Waals surface area contributed by atoms with Crippen LogP contribution in [0.1, 0.15) is 29.6 Å². The quantitative estimate of drug-likeness (QED) is 0.810. The molecular weight excluding hydrogens is 322 g/mol. The highest BCUT2D eigenvalue weighted by Crippen LogP contribution is 2.25. The summed E-state index contributed by atoms with van der Waals surface area (Å²) in [5.74, 6) is -0.0646. The van der Waals surface area contributed by atoms with E-state index in [0.717, 1.165) is 11.1 Å². The molecule has 0 radical (unpaired) electrons. The molecule has 0 fully saturated rings. The van der Waals surface area contributed by atoms with E-state index in [1.165, 1.54) is 0 Å². The number of carbonyl (C=O) groups is 1. The summed E-state index contributed by atoms with van der Waals surface area (Å²) in [5, 5.41) is 3.67. The SMILES string of the molecule is CN(C)C(CNC(=O)CC(N)c1ccccc1)c1ccccc1Cl. The molecule has 0 aromatic heterocycles. The average molecular weight is 346 g/mol. The van der Waals surface area contributed by atoms with Crippen molar-refractivity contribution in [2.75, 3.05) is 20.6 Å². The van der Waals surface area contributed by atoms with E-state index in [1.54, 1.807) is 0 Å². The van der Waals surface area contributed by atoms with Crippen LogP contribution >= 0.6 is 11.6 Å². The lowest BCUT2D eigenvalue weighted by molar-refractivity contribution is -0.121. The van der Waals surface area contributed by atoms with Crippen LogP contribution < -0.4 is 11.1 Å². The second-order valence-corrected chi connectivity index (χ2v) is 6.43. The first kappa shape index (κ1) is 18.5. The van der Waals surface area contributed by atoms with Gasteiger partial charge in [0, 0.05) is 24.0 Å². The largest absolute Gasteiger partial charge is 0.354 e. The number of carbonyl (C=O) groups excluding carboxylic acids is 1. The van der Waals surface area contributed by atoms with Crippen LogP contribution in [0.5, 0.6) is 0 Å². The van der Waals surface area contributed by atoms with Gasteiger partial charge in [-0.3, -0.25) is 4.79 Å². The van der Waals surface area contributed by atoms with Crippen molar-refractivity contribution in [2.45, 2.75) is 18.5 Å². The molecule has 2 aromatic rings. The van der Waals surface area contributed by atoms with Gasteiger partial charge in [0.05, 0.1) is 6.04 Å². The molecule has 0 saturated heterocycles. The van der Waals surface area contributed by atoms with Gasteiger partial charge in [-0.1, -0.05) is 60.1 Å². The number of halogens is 1. The number of nitrogens with two attached hydrogens (primary N) is 1. The molecule has 0 heterocycles. The molecule has 0 aliphatic rings. The molecule has 5 heteroatoms. The zero-order valence-corrected chi connectivity index (χ0v) is 14.8. The summed E-state index contributed by atoms with van der Waals surface area (Å²) >= 11 is 6.28. The van der Waals surface area contributed by atoms with E-state index in [4.69, 9.17) is 17.3 Å². The number of likely N-dealkylation sites (N-methyl/N-ethyl adjacent to an activating group) is 1. The van der Waals surface area contributed by atoms with Crippen LogP contribution in [0.25, 0.3) is 0 Å². The fraction of sp³-hybridized carbons (Fsp3) is 0.316. The van der Waals surface area contributed by atoms with Crippen molar-refractivity contribution in [3.63, 3.8) is 0 Å². The Labute approximate surface area is 148 Å². The Morgan fingerprint density at radius 1 is 1.12 bits per heavy atom. The normalized spacial score (nSPS) is 13.5. The molecule has 0 aliphatic carbocycles. The molecule has 2 unspecified atom stereocenters. The molecule has 2 atom stereocenters. The van der Waals surface area contributed by atoms with Crippen LogP contribution in [0.3, 0.4) is 0 Å². The van der Waals surface area contributed by atoms with Crippen LogP contribution in [0.4, 0.5) is 0 Å². The third kappa shape index (κ3) is 5.06. The number of hydrogen-bond acceptors (Lipinski definition) is 3. The second-order valence-electron chi connectivity index (χ2n) is 6.03. The Bertz CT molecular complexity index is 661. The zero-order chi connectivity index (χ0) is 17.5. The van der Waals surface area contributed by atoms with Gasteiger partial charge in [0.15, 0.2) is 0 Å². The van der Waals surface area contributed by atoms with Gasteiger partial charge < -0.3 is 16.0 Å². The average Bonchev–Trinajstić information content (AvgIpc) is 2.57. The third-order valence-electron chi connectivity index (χ3n) is 4.01. The fourth-order valence-corrected chi connectivity index (χ4v) is 2.88.